The minimum Gasteiger partial charge on any atom is -0.508 e. The quantitative estimate of drug-likeness (QED) is 0.404. The number of nitrogens with two attached hydrogens (primary N) is 1. The third-order valence-corrected chi connectivity index (χ3v) is 4.61. The second-order valence-electron chi connectivity index (χ2n) is 7.81. The van der Waals surface area contributed by atoms with Crippen LogP contribution in [0.2, 0.25) is 0 Å². The Kier molecular flexibility index (Phi) is 5.61. The maximum Gasteiger partial charge on any atom is 0.339 e. The number of nitrogens with one attached hydrogen (secondary N) is 1. The Morgan fingerprint density at radius 2 is 1.81 bits per heavy atom. The molecule has 0 aliphatic rings. The molecule has 0 aliphatic carbocycles. The second kappa shape index (κ2) is 8.02. The number of rotatable bonds is 6. The number of aromatic hydroxyl groups is 2. The Morgan fingerprint density at radius 1 is 1.16 bits per heavy atom. The minimum absolute atomic E-state index is 0.0262. The third-order valence-electron chi connectivity index (χ3n) is 4.61. The van der Waals surface area contributed by atoms with Crippen molar-refractivity contribution in [1.29, 1.82) is 0 Å². The summed E-state index contributed by atoms with van der Waals surface area (Å²) < 4.78 is 5.90. The van der Waals surface area contributed by atoms with E-state index in [1.54, 1.807) is 39.0 Å². The van der Waals surface area contributed by atoms with E-state index < -0.39 is 17.4 Å². The van der Waals surface area contributed by atoms with Gasteiger partial charge in [0.15, 0.2) is 0 Å². The molecule has 31 heavy (non-hydrogen) atoms. The van der Waals surface area contributed by atoms with E-state index in [4.69, 9.17) is 10.5 Å². The molecular formula is C22H23N3O6. The van der Waals surface area contributed by atoms with Gasteiger partial charge < -0.3 is 31.1 Å². The van der Waals surface area contributed by atoms with Crippen LogP contribution in [0.3, 0.4) is 0 Å². The van der Waals surface area contributed by atoms with Crippen LogP contribution in [0, 0.1) is 6.92 Å². The highest BCUT2D eigenvalue weighted by molar-refractivity contribution is 6.06. The molecule has 6 N–H and O–H groups in total. The van der Waals surface area contributed by atoms with Crippen molar-refractivity contribution in [2.45, 2.75) is 26.3 Å². The van der Waals surface area contributed by atoms with E-state index in [0.717, 1.165) is 6.07 Å². The van der Waals surface area contributed by atoms with Gasteiger partial charge in [0.2, 0.25) is 0 Å². The summed E-state index contributed by atoms with van der Waals surface area (Å²) in [6, 6.07) is 8.66. The van der Waals surface area contributed by atoms with Crippen LogP contribution in [0.5, 0.6) is 17.2 Å². The Balaban J connectivity index is 1.85. The molecule has 2 aromatic carbocycles. The zero-order valence-corrected chi connectivity index (χ0v) is 17.3. The van der Waals surface area contributed by atoms with Gasteiger partial charge in [0.25, 0.3) is 5.91 Å². The fraction of sp³-hybridized carbons (Fsp3) is 0.227. The molecule has 0 bridgehead atoms. The van der Waals surface area contributed by atoms with Crippen LogP contribution < -0.4 is 15.8 Å². The number of aromatic nitrogens is 1. The van der Waals surface area contributed by atoms with E-state index in [9.17, 15) is 24.9 Å². The molecule has 3 rings (SSSR count). The van der Waals surface area contributed by atoms with Crippen molar-refractivity contribution in [2.24, 2.45) is 0 Å². The lowest BCUT2D eigenvalue weighted by atomic mass is 10.0. The van der Waals surface area contributed by atoms with Crippen molar-refractivity contribution in [1.82, 2.24) is 10.3 Å². The van der Waals surface area contributed by atoms with Crippen LogP contribution >= 0.6 is 0 Å². The van der Waals surface area contributed by atoms with Crippen molar-refractivity contribution >= 4 is 28.5 Å². The summed E-state index contributed by atoms with van der Waals surface area (Å²) in [5.74, 6) is -1.82. The van der Waals surface area contributed by atoms with Crippen LogP contribution in [0.1, 0.15) is 40.3 Å². The van der Waals surface area contributed by atoms with Crippen molar-refractivity contribution in [3.63, 3.8) is 0 Å². The zero-order chi connectivity index (χ0) is 22.9. The van der Waals surface area contributed by atoms with Gasteiger partial charge in [-0.05, 0) is 45.0 Å². The smallest absolute Gasteiger partial charge is 0.339 e. The van der Waals surface area contributed by atoms with Gasteiger partial charge in [-0.2, -0.15) is 0 Å². The molecule has 0 saturated carbocycles. The van der Waals surface area contributed by atoms with Crippen LogP contribution in [-0.2, 0) is 0 Å². The molecular weight excluding hydrogens is 402 g/mol. The van der Waals surface area contributed by atoms with Gasteiger partial charge in [0, 0.05) is 11.6 Å². The number of nitrogen functional groups attached to an aromatic ring is 1. The van der Waals surface area contributed by atoms with Gasteiger partial charge >= 0.3 is 5.97 Å². The van der Waals surface area contributed by atoms with Crippen molar-refractivity contribution in [2.75, 3.05) is 12.3 Å². The number of carbonyl (C=O) groups excluding carboxylic acids is 1. The van der Waals surface area contributed by atoms with Crippen LogP contribution in [0.4, 0.5) is 5.69 Å². The molecule has 9 nitrogen and oxygen atoms in total. The first-order valence-corrected chi connectivity index (χ1v) is 9.39. The number of aryl methyl sites for hydroxylation is 1. The predicted octanol–water partition coefficient (Wildman–Crippen LogP) is 2.82. The van der Waals surface area contributed by atoms with Crippen molar-refractivity contribution in [3.8, 4) is 17.2 Å². The molecule has 0 spiro atoms. The molecule has 162 valence electrons. The molecule has 0 unspecified atom stereocenters. The maximum absolute atomic E-state index is 12.5. The highest BCUT2D eigenvalue weighted by atomic mass is 16.5. The van der Waals surface area contributed by atoms with Crippen LogP contribution in [0.25, 0.3) is 10.9 Å². The first kappa shape index (κ1) is 21.7. The van der Waals surface area contributed by atoms with Crippen molar-refractivity contribution < 1.29 is 29.6 Å². The van der Waals surface area contributed by atoms with Gasteiger partial charge in [-0.3, -0.25) is 9.78 Å². The molecule has 1 amide bonds. The standard InChI is InChI=1S/C22H23N3O6/c1-11-17(21(29)30)19(23)18-15(24-11)5-4-6-16(18)31-10-22(2,3)25-20(28)12-7-13(26)9-14(27)8-12/h4-9,26-27H,10H2,1-3H3,(H2,23,24)(H,25,28)(H,29,30). The zero-order valence-electron chi connectivity index (χ0n) is 17.3. The van der Waals surface area contributed by atoms with Gasteiger partial charge in [-0.15, -0.1) is 0 Å². The number of phenols is 2. The maximum atomic E-state index is 12.5. The molecule has 9 heteroatoms. The number of anilines is 1. The summed E-state index contributed by atoms with van der Waals surface area (Å²) in [4.78, 5) is 28.4. The lowest BCUT2D eigenvalue weighted by molar-refractivity contribution is 0.0696. The number of pyridine rings is 1. The molecule has 1 aromatic heterocycles. The number of carbonyl (C=O) groups is 2. The van der Waals surface area contributed by atoms with Crippen LogP contribution in [0.15, 0.2) is 36.4 Å². The number of carboxylic acids is 1. The van der Waals surface area contributed by atoms with Gasteiger partial charge in [-0.25, -0.2) is 4.79 Å². The van der Waals surface area contributed by atoms with Crippen molar-refractivity contribution in [3.05, 3.63) is 53.2 Å². The molecule has 3 aromatic rings. The number of phenolic OH excluding ortho intramolecular Hbond substituents is 2. The minimum atomic E-state index is -1.18. The van der Waals surface area contributed by atoms with Crippen LogP contribution in [-0.4, -0.2) is 44.3 Å². The van der Waals surface area contributed by atoms with E-state index in [-0.39, 0.29) is 34.9 Å². The number of benzene rings is 2. The molecule has 0 atom stereocenters. The Bertz CT molecular complexity index is 1170. The number of carboxylic acid groups (broad SMARTS) is 1. The first-order valence-electron chi connectivity index (χ1n) is 9.39. The summed E-state index contributed by atoms with van der Waals surface area (Å²) in [5, 5.41) is 31.8. The summed E-state index contributed by atoms with van der Waals surface area (Å²) >= 11 is 0. The summed E-state index contributed by atoms with van der Waals surface area (Å²) in [5.41, 5.74) is 6.13. The van der Waals surface area contributed by atoms with Gasteiger partial charge in [0.05, 0.1) is 27.8 Å². The predicted molar refractivity (Wildman–Crippen MR) is 115 cm³/mol. The largest absolute Gasteiger partial charge is 0.508 e. The van der Waals surface area contributed by atoms with E-state index in [1.807, 2.05) is 0 Å². The number of fused-ring (bicyclic) bond motifs is 1. The summed E-state index contributed by atoms with van der Waals surface area (Å²) in [6.07, 6.45) is 0. The SMILES string of the molecule is Cc1nc2cccc(OCC(C)(C)NC(=O)c3cc(O)cc(O)c3)c2c(N)c1C(=O)O. The molecule has 1 heterocycles. The lowest BCUT2D eigenvalue weighted by Gasteiger charge is -2.27. The van der Waals surface area contributed by atoms with E-state index in [2.05, 4.69) is 10.3 Å². The number of nitrogens with zero attached hydrogens (tertiary/aromatic N) is 1. The average Bonchev–Trinajstić information content (AvgIpc) is 2.64. The van der Waals surface area contributed by atoms with E-state index >= 15 is 0 Å². The second-order valence-corrected chi connectivity index (χ2v) is 7.81. The Hall–Kier alpha value is -4.01. The Morgan fingerprint density at radius 3 is 2.42 bits per heavy atom. The number of hydrogen-bond acceptors (Lipinski definition) is 7. The normalized spacial score (nSPS) is 11.3. The van der Waals surface area contributed by atoms with E-state index in [1.165, 1.54) is 12.1 Å². The number of aromatic carboxylic acids is 1. The highest BCUT2D eigenvalue weighted by Gasteiger charge is 2.24. The highest BCUT2D eigenvalue weighted by Crippen LogP contribution is 2.33. The lowest BCUT2D eigenvalue weighted by Crippen LogP contribution is -2.47. The average molecular weight is 425 g/mol. The number of ether oxygens (including phenoxy) is 1. The third kappa shape index (κ3) is 4.61. The summed E-state index contributed by atoms with van der Waals surface area (Å²) in [7, 11) is 0. The van der Waals surface area contributed by atoms with E-state index in [0.29, 0.717) is 22.3 Å². The topological polar surface area (TPSA) is 155 Å². The molecule has 0 aliphatic heterocycles. The van der Waals surface area contributed by atoms with Gasteiger partial charge in [-0.1, -0.05) is 6.07 Å². The monoisotopic (exact) mass is 425 g/mol. The fourth-order valence-electron chi connectivity index (χ4n) is 3.23. The van der Waals surface area contributed by atoms with Gasteiger partial charge in [0.1, 0.15) is 29.4 Å². The molecule has 0 radical (unpaired) electrons. The Labute approximate surface area is 178 Å². The number of hydrogen-bond donors (Lipinski definition) is 5. The molecule has 0 saturated heterocycles. The first-order chi connectivity index (χ1) is 14.5. The molecule has 0 fully saturated rings. The summed E-state index contributed by atoms with van der Waals surface area (Å²) in [6.45, 7) is 5.06. The number of amides is 1. The fourth-order valence-corrected chi connectivity index (χ4v) is 3.23.